The van der Waals surface area contributed by atoms with Gasteiger partial charge in [0.1, 0.15) is 0 Å². The minimum atomic E-state index is -0.436. The van der Waals surface area contributed by atoms with Gasteiger partial charge in [0.2, 0.25) is 5.91 Å². The third-order valence-electron chi connectivity index (χ3n) is 6.11. The highest BCUT2D eigenvalue weighted by Gasteiger charge is 2.24. The number of hydrogen-bond donors (Lipinski definition) is 3. The van der Waals surface area contributed by atoms with Gasteiger partial charge in [0.05, 0.1) is 6.61 Å². The molecule has 0 saturated carbocycles. The molecule has 164 valence electrons. The Hall–Kier alpha value is -2.63. The molecule has 5 nitrogen and oxygen atoms in total. The van der Waals surface area contributed by atoms with E-state index in [-0.39, 0.29) is 18.6 Å². The Balaban J connectivity index is 1.59. The van der Waals surface area contributed by atoms with E-state index in [4.69, 9.17) is 0 Å². The summed E-state index contributed by atoms with van der Waals surface area (Å²) in [7, 11) is 0. The van der Waals surface area contributed by atoms with Crippen molar-refractivity contribution in [3.63, 3.8) is 0 Å². The van der Waals surface area contributed by atoms with Crippen molar-refractivity contribution in [2.24, 2.45) is 5.41 Å². The lowest BCUT2D eigenvalue weighted by Gasteiger charge is -2.21. The summed E-state index contributed by atoms with van der Waals surface area (Å²) in [6.07, 6.45) is 2.22. The van der Waals surface area contributed by atoms with Gasteiger partial charge in [0.25, 0.3) is 0 Å². The number of likely N-dealkylation sites (tertiary alicyclic amines) is 1. The molecule has 0 radical (unpaired) electrons. The van der Waals surface area contributed by atoms with Crippen molar-refractivity contribution in [3.05, 3.63) is 53.7 Å². The van der Waals surface area contributed by atoms with E-state index in [0.29, 0.717) is 0 Å². The highest BCUT2D eigenvalue weighted by molar-refractivity contribution is 5.95. The van der Waals surface area contributed by atoms with Crippen LogP contribution < -0.4 is 5.32 Å². The number of carbonyl (C=O) groups excluding carboxylic acids is 1. The Morgan fingerprint density at radius 2 is 1.97 bits per heavy atom. The van der Waals surface area contributed by atoms with E-state index < -0.39 is 5.41 Å². The number of aliphatic hydroxyl groups excluding tert-OH is 1. The molecule has 4 rings (SSSR count). The molecule has 0 aliphatic carbocycles. The Kier molecular flexibility index (Phi) is 5.91. The summed E-state index contributed by atoms with van der Waals surface area (Å²) in [6, 6.07) is 15.1. The van der Waals surface area contributed by atoms with Crippen LogP contribution in [-0.4, -0.2) is 40.1 Å². The van der Waals surface area contributed by atoms with Crippen LogP contribution in [0.1, 0.15) is 44.9 Å². The van der Waals surface area contributed by atoms with Crippen LogP contribution in [0, 0.1) is 12.3 Å². The molecular formula is C26H33N3O2. The van der Waals surface area contributed by atoms with Gasteiger partial charge in [-0.15, -0.1) is 0 Å². The summed E-state index contributed by atoms with van der Waals surface area (Å²) in [5.74, 6) is 0.0119. The molecule has 0 spiro atoms. The number of hydrogen-bond acceptors (Lipinski definition) is 3. The normalized spacial score (nSPS) is 17.4. The van der Waals surface area contributed by atoms with Gasteiger partial charge < -0.3 is 15.4 Å². The van der Waals surface area contributed by atoms with Crippen LogP contribution >= 0.6 is 0 Å². The molecule has 1 saturated heterocycles. The molecule has 3 N–H and O–H groups in total. The summed E-state index contributed by atoms with van der Waals surface area (Å²) < 4.78 is 0. The van der Waals surface area contributed by atoms with Crippen LogP contribution in [0.4, 0.5) is 5.69 Å². The highest BCUT2D eigenvalue weighted by Crippen LogP contribution is 2.30. The number of H-pyrrole nitrogens is 1. The van der Waals surface area contributed by atoms with Crippen molar-refractivity contribution in [3.8, 4) is 11.1 Å². The minimum Gasteiger partial charge on any atom is -0.395 e. The number of aryl methyl sites for hydroxylation is 1. The average Bonchev–Trinajstić information content (AvgIpc) is 3.32. The predicted octanol–water partition coefficient (Wildman–Crippen LogP) is 5.08. The standard InChI is InChI=1S/C26H33N3O2/c1-17-10-19(13-21(11-17)28-25(31)26(2,3)4)18-7-8-24-20(12-18)14-22(27-24)15-29-9-5-6-23(29)16-30/h7-8,10-14,23,27,30H,5-6,9,15-16H2,1-4H3,(H,28,31)/t23-/m1/s1. The summed E-state index contributed by atoms with van der Waals surface area (Å²) in [5.41, 5.74) is 6.02. The van der Waals surface area contributed by atoms with E-state index >= 15 is 0 Å². The first-order valence-corrected chi connectivity index (χ1v) is 11.1. The van der Waals surface area contributed by atoms with E-state index in [2.05, 4.69) is 52.5 Å². The topological polar surface area (TPSA) is 68.4 Å². The predicted molar refractivity (Wildman–Crippen MR) is 127 cm³/mol. The lowest BCUT2D eigenvalue weighted by Crippen LogP contribution is -2.31. The molecule has 31 heavy (non-hydrogen) atoms. The first-order valence-electron chi connectivity index (χ1n) is 11.1. The van der Waals surface area contributed by atoms with Crippen LogP contribution in [0.5, 0.6) is 0 Å². The molecule has 0 unspecified atom stereocenters. The molecule has 3 aromatic rings. The number of anilines is 1. The average molecular weight is 420 g/mol. The zero-order valence-electron chi connectivity index (χ0n) is 19.0. The monoisotopic (exact) mass is 419 g/mol. The fourth-order valence-corrected chi connectivity index (χ4v) is 4.33. The number of nitrogens with one attached hydrogen (secondary N) is 2. The van der Waals surface area contributed by atoms with Crippen molar-refractivity contribution in [2.45, 2.75) is 53.1 Å². The molecule has 1 aliphatic rings. The second-order valence-electron chi connectivity index (χ2n) is 9.84. The number of aromatic nitrogens is 1. The molecule has 1 aromatic heterocycles. The molecule has 5 heteroatoms. The van der Waals surface area contributed by atoms with Gasteiger partial charge in [-0.3, -0.25) is 9.69 Å². The third-order valence-corrected chi connectivity index (χ3v) is 6.11. The molecule has 2 heterocycles. The van der Waals surface area contributed by atoms with Crippen molar-refractivity contribution in [1.82, 2.24) is 9.88 Å². The van der Waals surface area contributed by atoms with Crippen molar-refractivity contribution >= 4 is 22.5 Å². The van der Waals surface area contributed by atoms with Crippen molar-refractivity contribution in [2.75, 3.05) is 18.5 Å². The Bertz CT molecular complexity index is 1090. The summed E-state index contributed by atoms with van der Waals surface area (Å²) >= 11 is 0. The number of aliphatic hydroxyl groups is 1. The quantitative estimate of drug-likeness (QED) is 0.540. The molecule has 0 bridgehead atoms. The van der Waals surface area contributed by atoms with E-state index in [0.717, 1.165) is 53.8 Å². The van der Waals surface area contributed by atoms with Crippen LogP contribution in [0.25, 0.3) is 22.0 Å². The summed E-state index contributed by atoms with van der Waals surface area (Å²) in [4.78, 5) is 18.3. The van der Waals surface area contributed by atoms with Gasteiger partial charge in [-0.25, -0.2) is 0 Å². The van der Waals surface area contributed by atoms with Crippen molar-refractivity contribution < 1.29 is 9.90 Å². The van der Waals surface area contributed by atoms with E-state index in [1.165, 1.54) is 11.1 Å². The first-order chi connectivity index (χ1) is 14.7. The maximum atomic E-state index is 12.4. The molecule has 1 aliphatic heterocycles. The largest absolute Gasteiger partial charge is 0.395 e. The van der Waals surface area contributed by atoms with Gasteiger partial charge in [-0.05, 0) is 73.3 Å². The Labute approximate surface area is 184 Å². The first kappa shape index (κ1) is 21.6. The fourth-order valence-electron chi connectivity index (χ4n) is 4.33. The second-order valence-corrected chi connectivity index (χ2v) is 9.84. The molecule has 1 amide bonds. The minimum absolute atomic E-state index is 0.0119. The van der Waals surface area contributed by atoms with E-state index in [1.54, 1.807) is 0 Å². The molecule has 1 fully saturated rings. The summed E-state index contributed by atoms with van der Waals surface area (Å²) in [6.45, 7) is 9.91. The number of amides is 1. The van der Waals surface area contributed by atoms with Crippen LogP contribution in [0.3, 0.4) is 0 Å². The van der Waals surface area contributed by atoms with Gasteiger partial charge in [-0.1, -0.05) is 32.9 Å². The van der Waals surface area contributed by atoms with Gasteiger partial charge in [0.15, 0.2) is 0 Å². The maximum Gasteiger partial charge on any atom is 0.229 e. The summed E-state index contributed by atoms with van der Waals surface area (Å²) in [5, 5.41) is 13.8. The number of aromatic amines is 1. The number of fused-ring (bicyclic) bond motifs is 1. The second kappa shape index (κ2) is 8.48. The molecular weight excluding hydrogens is 386 g/mol. The molecule has 2 aromatic carbocycles. The molecule has 1 atom stereocenters. The highest BCUT2D eigenvalue weighted by atomic mass is 16.3. The van der Waals surface area contributed by atoms with Crippen molar-refractivity contribution in [1.29, 1.82) is 0 Å². The van der Waals surface area contributed by atoms with Crippen LogP contribution in [0.15, 0.2) is 42.5 Å². The zero-order valence-corrected chi connectivity index (χ0v) is 19.0. The zero-order chi connectivity index (χ0) is 22.2. The fraction of sp³-hybridized carbons (Fsp3) is 0.423. The van der Waals surface area contributed by atoms with Crippen LogP contribution in [-0.2, 0) is 11.3 Å². The maximum absolute atomic E-state index is 12.4. The number of carbonyl (C=O) groups is 1. The van der Waals surface area contributed by atoms with E-state index in [9.17, 15) is 9.90 Å². The SMILES string of the molecule is Cc1cc(NC(=O)C(C)(C)C)cc(-c2ccc3[nH]c(CN4CCC[C@@H]4CO)cc3c2)c1. The van der Waals surface area contributed by atoms with Crippen LogP contribution in [0.2, 0.25) is 0 Å². The Morgan fingerprint density at radius 1 is 1.16 bits per heavy atom. The number of nitrogens with zero attached hydrogens (tertiary/aromatic N) is 1. The van der Waals surface area contributed by atoms with E-state index in [1.807, 2.05) is 32.9 Å². The lowest BCUT2D eigenvalue weighted by molar-refractivity contribution is -0.123. The van der Waals surface area contributed by atoms with Gasteiger partial charge in [-0.2, -0.15) is 0 Å². The number of rotatable bonds is 5. The smallest absolute Gasteiger partial charge is 0.229 e. The third kappa shape index (κ3) is 4.83. The lowest BCUT2D eigenvalue weighted by atomic mass is 9.95. The van der Waals surface area contributed by atoms with Gasteiger partial charge in [0, 0.05) is 40.3 Å². The Morgan fingerprint density at radius 3 is 2.71 bits per heavy atom. The number of benzene rings is 2. The van der Waals surface area contributed by atoms with Gasteiger partial charge >= 0.3 is 0 Å².